The second-order valence-corrected chi connectivity index (χ2v) is 7.34. The summed E-state index contributed by atoms with van der Waals surface area (Å²) in [6, 6.07) is 15.3. The third kappa shape index (κ3) is 3.60. The van der Waals surface area contributed by atoms with Crippen molar-refractivity contribution in [2.24, 2.45) is 4.99 Å². The lowest BCUT2D eigenvalue weighted by Crippen LogP contribution is -2.29. The van der Waals surface area contributed by atoms with E-state index in [1.165, 1.54) is 0 Å². The van der Waals surface area contributed by atoms with Gasteiger partial charge in [0.1, 0.15) is 17.3 Å². The lowest BCUT2D eigenvalue weighted by atomic mass is 10.0. The van der Waals surface area contributed by atoms with Crippen LogP contribution in [-0.2, 0) is 0 Å². The van der Waals surface area contributed by atoms with Crippen LogP contribution in [0.2, 0.25) is 10.0 Å². The SMILES string of the molecule is Cc1onc(-c2c(Cl)cccc2Cl)c1C(=Nc1ccccc1)N1CCCC1. The second kappa shape index (κ2) is 7.75. The van der Waals surface area contributed by atoms with E-state index in [1.807, 2.05) is 43.3 Å². The average Bonchev–Trinajstić information content (AvgIpc) is 3.31. The van der Waals surface area contributed by atoms with Gasteiger partial charge >= 0.3 is 0 Å². The Hall–Kier alpha value is -2.30. The second-order valence-electron chi connectivity index (χ2n) is 6.52. The normalized spacial score (nSPS) is 14.8. The van der Waals surface area contributed by atoms with Crippen LogP contribution in [0.4, 0.5) is 5.69 Å². The van der Waals surface area contributed by atoms with Crippen molar-refractivity contribution in [2.45, 2.75) is 19.8 Å². The Morgan fingerprint density at radius 3 is 2.33 bits per heavy atom. The summed E-state index contributed by atoms with van der Waals surface area (Å²) < 4.78 is 5.56. The summed E-state index contributed by atoms with van der Waals surface area (Å²) in [5.41, 5.74) is 3.03. The van der Waals surface area contributed by atoms with Crippen LogP contribution in [0.25, 0.3) is 11.3 Å². The summed E-state index contributed by atoms with van der Waals surface area (Å²) >= 11 is 12.9. The molecule has 1 saturated heterocycles. The number of rotatable bonds is 3. The maximum Gasteiger partial charge on any atom is 0.145 e. The summed E-state index contributed by atoms with van der Waals surface area (Å²) in [5, 5.41) is 5.37. The Morgan fingerprint density at radius 2 is 1.67 bits per heavy atom. The third-order valence-electron chi connectivity index (χ3n) is 4.68. The smallest absolute Gasteiger partial charge is 0.145 e. The molecule has 0 bridgehead atoms. The molecule has 138 valence electrons. The number of nitrogens with zero attached hydrogens (tertiary/aromatic N) is 3. The van der Waals surface area contributed by atoms with Crippen molar-refractivity contribution in [1.82, 2.24) is 10.1 Å². The molecule has 0 radical (unpaired) electrons. The van der Waals surface area contributed by atoms with Gasteiger partial charge in [0.2, 0.25) is 0 Å². The number of benzene rings is 2. The lowest BCUT2D eigenvalue weighted by Gasteiger charge is -2.21. The minimum atomic E-state index is 0.539. The van der Waals surface area contributed by atoms with Gasteiger partial charge in [0.15, 0.2) is 0 Å². The lowest BCUT2D eigenvalue weighted by molar-refractivity contribution is 0.399. The molecule has 1 aliphatic rings. The molecule has 0 atom stereocenters. The predicted molar refractivity (Wildman–Crippen MR) is 110 cm³/mol. The fourth-order valence-electron chi connectivity index (χ4n) is 3.37. The van der Waals surface area contributed by atoms with E-state index in [9.17, 15) is 0 Å². The van der Waals surface area contributed by atoms with Gasteiger partial charge in [-0.15, -0.1) is 0 Å². The van der Waals surface area contributed by atoms with Crippen molar-refractivity contribution in [3.63, 3.8) is 0 Å². The first-order valence-corrected chi connectivity index (χ1v) is 9.70. The summed E-state index contributed by atoms with van der Waals surface area (Å²) in [5.74, 6) is 1.55. The molecule has 0 amide bonds. The molecule has 4 rings (SSSR count). The summed E-state index contributed by atoms with van der Waals surface area (Å²) in [4.78, 5) is 7.22. The minimum Gasteiger partial charge on any atom is -0.360 e. The quantitative estimate of drug-likeness (QED) is 0.392. The van der Waals surface area contributed by atoms with E-state index in [0.29, 0.717) is 27.1 Å². The fourth-order valence-corrected chi connectivity index (χ4v) is 3.95. The van der Waals surface area contributed by atoms with Gasteiger partial charge in [-0.1, -0.05) is 52.6 Å². The van der Waals surface area contributed by atoms with Crippen LogP contribution < -0.4 is 0 Å². The largest absolute Gasteiger partial charge is 0.360 e. The Bertz CT molecular complexity index is 956. The highest BCUT2D eigenvalue weighted by molar-refractivity contribution is 6.39. The summed E-state index contributed by atoms with van der Waals surface area (Å²) in [6.45, 7) is 3.80. The standard InChI is InChI=1S/C21H19Cl2N3O/c1-14-18(20(25-27-14)19-16(22)10-7-11-17(19)23)21(26-12-5-6-13-26)24-15-8-3-2-4-9-15/h2-4,7-11H,5-6,12-13H2,1H3. The van der Waals surface area contributed by atoms with Crippen molar-refractivity contribution < 1.29 is 4.52 Å². The van der Waals surface area contributed by atoms with Crippen LogP contribution >= 0.6 is 23.2 Å². The van der Waals surface area contributed by atoms with Gasteiger partial charge < -0.3 is 9.42 Å². The van der Waals surface area contributed by atoms with Gasteiger partial charge in [-0.2, -0.15) is 0 Å². The zero-order chi connectivity index (χ0) is 18.8. The molecule has 6 heteroatoms. The number of halogens is 2. The van der Waals surface area contributed by atoms with Crippen LogP contribution in [-0.4, -0.2) is 29.0 Å². The number of aliphatic imine (C=N–C) groups is 1. The molecule has 1 aliphatic heterocycles. The molecule has 27 heavy (non-hydrogen) atoms. The first-order valence-electron chi connectivity index (χ1n) is 8.95. The van der Waals surface area contributed by atoms with Gasteiger partial charge in [-0.3, -0.25) is 0 Å². The van der Waals surface area contributed by atoms with Crippen molar-refractivity contribution in [1.29, 1.82) is 0 Å². The highest BCUT2D eigenvalue weighted by atomic mass is 35.5. The molecule has 0 unspecified atom stereocenters. The van der Waals surface area contributed by atoms with Crippen LogP contribution in [0.5, 0.6) is 0 Å². The third-order valence-corrected chi connectivity index (χ3v) is 5.31. The maximum atomic E-state index is 6.45. The molecule has 0 N–H and O–H groups in total. The van der Waals surface area contributed by atoms with E-state index in [0.717, 1.165) is 43.0 Å². The van der Waals surface area contributed by atoms with Crippen molar-refractivity contribution in [2.75, 3.05) is 13.1 Å². The Labute approximate surface area is 168 Å². The molecule has 0 aliphatic carbocycles. The zero-order valence-corrected chi connectivity index (χ0v) is 16.5. The average molecular weight is 400 g/mol. The van der Waals surface area contributed by atoms with Gasteiger partial charge in [-0.25, -0.2) is 4.99 Å². The van der Waals surface area contributed by atoms with E-state index in [4.69, 9.17) is 32.7 Å². The van der Waals surface area contributed by atoms with Gasteiger partial charge in [0, 0.05) is 18.7 Å². The number of hydrogen-bond acceptors (Lipinski definition) is 3. The van der Waals surface area contributed by atoms with Crippen LogP contribution in [0.15, 0.2) is 58.0 Å². The molecule has 1 aromatic heterocycles. The van der Waals surface area contributed by atoms with Gasteiger partial charge in [-0.05, 0) is 44.0 Å². The van der Waals surface area contributed by atoms with Crippen LogP contribution in [0.1, 0.15) is 24.2 Å². The molecule has 0 saturated carbocycles. The van der Waals surface area contributed by atoms with E-state index in [-0.39, 0.29) is 0 Å². The Balaban J connectivity index is 1.91. The van der Waals surface area contributed by atoms with Crippen molar-refractivity contribution in [3.05, 3.63) is 69.9 Å². The number of para-hydroxylation sites is 1. The molecule has 3 aromatic rings. The highest BCUT2D eigenvalue weighted by Crippen LogP contribution is 2.38. The van der Waals surface area contributed by atoms with Gasteiger partial charge in [0.05, 0.1) is 21.3 Å². The molecule has 4 nitrogen and oxygen atoms in total. The molecular formula is C21H19Cl2N3O. The van der Waals surface area contributed by atoms with Crippen molar-refractivity contribution in [3.8, 4) is 11.3 Å². The number of hydrogen-bond donors (Lipinski definition) is 0. The molecular weight excluding hydrogens is 381 g/mol. The molecule has 2 heterocycles. The number of aryl methyl sites for hydroxylation is 1. The number of aromatic nitrogens is 1. The molecule has 1 fully saturated rings. The fraction of sp³-hybridized carbons (Fsp3) is 0.238. The van der Waals surface area contributed by atoms with Gasteiger partial charge in [0.25, 0.3) is 0 Å². The maximum absolute atomic E-state index is 6.45. The van der Waals surface area contributed by atoms with Crippen molar-refractivity contribution >= 4 is 34.7 Å². The monoisotopic (exact) mass is 399 g/mol. The molecule has 0 spiro atoms. The molecule has 2 aromatic carbocycles. The zero-order valence-electron chi connectivity index (χ0n) is 15.0. The highest BCUT2D eigenvalue weighted by Gasteiger charge is 2.28. The first kappa shape index (κ1) is 18.1. The topological polar surface area (TPSA) is 41.6 Å². The Kier molecular flexibility index (Phi) is 5.19. The minimum absolute atomic E-state index is 0.539. The Morgan fingerprint density at radius 1 is 1.00 bits per heavy atom. The van der Waals surface area contributed by atoms with Crippen LogP contribution in [0, 0.1) is 6.92 Å². The van der Waals surface area contributed by atoms with E-state index >= 15 is 0 Å². The first-order chi connectivity index (χ1) is 13.1. The van der Waals surface area contributed by atoms with E-state index in [2.05, 4.69) is 10.1 Å². The summed E-state index contributed by atoms with van der Waals surface area (Å²) in [6.07, 6.45) is 2.28. The summed E-state index contributed by atoms with van der Waals surface area (Å²) in [7, 11) is 0. The van der Waals surface area contributed by atoms with E-state index < -0.39 is 0 Å². The van der Waals surface area contributed by atoms with Crippen LogP contribution in [0.3, 0.4) is 0 Å². The number of likely N-dealkylation sites (tertiary alicyclic amines) is 1. The van der Waals surface area contributed by atoms with E-state index in [1.54, 1.807) is 12.1 Å². The predicted octanol–water partition coefficient (Wildman–Crippen LogP) is 6.13. The number of amidine groups is 1.